The summed E-state index contributed by atoms with van der Waals surface area (Å²) in [5.41, 5.74) is 2.51. The second-order valence-electron chi connectivity index (χ2n) is 12.1. The summed E-state index contributed by atoms with van der Waals surface area (Å²) < 4.78 is 0. The highest BCUT2D eigenvalue weighted by Gasteiger charge is 2.21. The van der Waals surface area contributed by atoms with Crippen LogP contribution in [0, 0.1) is 0 Å². The molecule has 0 spiro atoms. The first-order valence-electron chi connectivity index (χ1n) is 15.6. The molecule has 0 unspecified atom stereocenters. The van der Waals surface area contributed by atoms with Gasteiger partial charge in [-0.2, -0.15) is 0 Å². The maximum atomic E-state index is 5.32. The molecule has 1 aromatic carbocycles. The van der Waals surface area contributed by atoms with E-state index in [-0.39, 0.29) is 0 Å². The van der Waals surface area contributed by atoms with Gasteiger partial charge >= 0.3 is 0 Å². The van der Waals surface area contributed by atoms with Crippen LogP contribution in [-0.2, 0) is 0 Å². The SMILES string of the molecule is c1cc(C(=NC2CCCCC2)NC2CCCCC2)ccc1C(=NC1CCCCC1)NC1CCCCC1. The van der Waals surface area contributed by atoms with Gasteiger partial charge in [0.05, 0.1) is 12.1 Å². The zero-order valence-electron chi connectivity index (χ0n) is 22.7. The Bertz CT molecular complexity index is 762. The standard InChI is InChI=1S/C32H50N4/c1-5-13-27(14-6-1)33-31(34-28-15-7-2-8-16-28)25-21-23-26(24-22-25)32(35-29-17-9-3-10-18-29)36-30-19-11-4-12-20-30/h21-24,27-30H,1-20H2,(H,33,34)(H,35,36). The van der Waals surface area contributed by atoms with Crippen LogP contribution in [0.4, 0.5) is 0 Å². The van der Waals surface area contributed by atoms with Crippen molar-refractivity contribution in [1.29, 1.82) is 0 Å². The number of hydrogen-bond donors (Lipinski definition) is 2. The Morgan fingerprint density at radius 2 is 0.750 bits per heavy atom. The fourth-order valence-electron chi connectivity index (χ4n) is 6.84. The van der Waals surface area contributed by atoms with Crippen molar-refractivity contribution in [3.8, 4) is 0 Å². The highest BCUT2D eigenvalue weighted by Crippen LogP contribution is 2.24. The lowest BCUT2D eigenvalue weighted by molar-refractivity contribution is 0.408. The van der Waals surface area contributed by atoms with Crippen molar-refractivity contribution < 1.29 is 0 Å². The largest absolute Gasteiger partial charge is 0.367 e. The Hall–Kier alpha value is -1.84. The Kier molecular flexibility index (Phi) is 9.77. The third kappa shape index (κ3) is 7.59. The van der Waals surface area contributed by atoms with Crippen molar-refractivity contribution in [2.45, 2.75) is 153 Å². The average molecular weight is 491 g/mol. The van der Waals surface area contributed by atoms with E-state index in [1.165, 1.54) is 140 Å². The molecular weight excluding hydrogens is 440 g/mol. The molecule has 0 aliphatic heterocycles. The predicted octanol–water partition coefficient (Wildman–Crippen LogP) is 7.69. The molecule has 0 bridgehead atoms. The van der Waals surface area contributed by atoms with Gasteiger partial charge in [0.1, 0.15) is 11.7 Å². The molecule has 0 heterocycles. The zero-order valence-corrected chi connectivity index (χ0v) is 22.7. The van der Waals surface area contributed by atoms with Crippen LogP contribution in [0.5, 0.6) is 0 Å². The van der Waals surface area contributed by atoms with E-state index in [1.807, 2.05) is 0 Å². The number of amidine groups is 2. The van der Waals surface area contributed by atoms with Crippen molar-refractivity contribution >= 4 is 11.7 Å². The zero-order chi connectivity index (χ0) is 24.4. The topological polar surface area (TPSA) is 48.8 Å². The van der Waals surface area contributed by atoms with Gasteiger partial charge in [0.25, 0.3) is 0 Å². The van der Waals surface area contributed by atoms with E-state index >= 15 is 0 Å². The smallest absolute Gasteiger partial charge is 0.128 e. The first-order chi connectivity index (χ1) is 17.8. The highest BCUT2D eigenvalue weighted by atomic mass is 15.0. The third-order valence-electron chi connectivity index (χ3n) is 9.10. The molecule has 5 rings (SSSR count). The molecule has 0 radical (unpaired) electrons. The molecule has 4 nitrogen and oxygen atoms in total. The normalized spacial score (nSPS) is 24.6. The van der Waals surface area contributed by atoms with Crippen molar-refractivity contribution in [3.63, 3.8) is 0 Å². The fraction of sp³-hybridized carbons (Fsp3) is 0.750. The van der Waals surface area contributed by atoms with Gasteiger partial charge in [-0.1, -0.05) is 101 Å². The van der Waals surface area contributed by atoms with E-state index in [2.05, 4.69) is 34.9 Å². The first-order valence-corrected chi connectivity index (χ1v) is 15.6. The highest BCUT2D eigenvalue weighted by molar-refractivity contribution is 6.02. The summed E-state index contributed by atoms with van der Waals surface area (Å²) in [4.78, 5) is 10.6. The van der Waals surface area contributed by atoms with Crippen LogP contribution < -0.4 is 10.6 Å². The second kappa shape index (κ2) is 13.6. The lowest BCUT2D eigenvalue weighted by Gasteiger charge is -2.27. The maximum absolute atomic E-state index is 5.32. The lowest BCUT2D eigenvalue weighted by atomic mass is 9.94. The summed E-state index contributed by atoms with van der Waals surface area (Å²) in [6.07, 6.45) is 26.4. The minimum Gasteiger partial charge on any atom is -0.367 e. The second-order valence-corrected chi connectivity index (χ2v) is 12.1. The number of aliphatic imine (C=N–C) groups is 2. The summed E-state index contributed by atoms with van der Waals surface area (Å²) in [5.74, 6) is 2.29. The van der Waals surface area contributed by atoms with Gasteiger partial charge in [0, 0.05) is 23.2 Å². The molecule has 198 valence electrons. The van der Waals surface area contributed by atoms with E-state index < -0.39 is 0 Å². The summed E-state index contributed by atoms with van der Waals surface area (Å²) in [5, 5.41) is 7.81. The summed E-state index contributed by atoms with van der Waals surface area (Å²) in [7, 11) is 0. The van der Waals surface area contributed by atoms with Crippen molar-refractivity contribution in [2.24, 2.45) is 9.98 Å². The lowest BCUT2D eigenvalue weighted by Crippen LogP contribution is -2.38. The average Bonchev–Trinajstić information content (AvgIpc) is 2.95. The van der Waals surface area contributed by atoms with Crippen LogP contribution in [0.15, 0.2) is 34.3 Å². The Morgan fingerprint density at radius 3 is 1.08 bits per heavy atom. The molecule has 1 aromatic rings. The molecule has 4 fully saturated rings. The van der Waals surface area contributed by atoms with Gasteiger partial charge < -0.3 is 10.6 Å². The van der Waals surface area contributed by atoms with E-state index in [0.717, 1.165) is 11.7 Å². The minimum absolute atomic E-state index is 0.487. The van der Waals surface area contributed by atoms with Crippen LogP contribution in [-0.4, -0.2) is 35.8 Å². The van der Waals surface area contributed by atoms with Gasteiger partial charge in [0.2, 0.25) is 0 Å². The van der Waals surface area contributed by atoms with Gasteiger partial charge in [-0.3, -0.25) is 9.98 Å². The van der Waals surface area contributed by atoms with Gasteiger partial charge in [-0.25, -0.2) is 0 Å². The molecule has 4 saturated carbocycles. The number of nitrogens with one attached hydrogen (secondary N) is 2. The molecule has 2 N–H and O–H groups in total. The molecule has 0 saturated heterocycles. The molecule has 36 heavy (non-hydrogen) atoms. The number of nitrogens with zero attached hydrogens (tertiary/aromatic N) is 2. The monoisotopic (exact) mass is 490 g/mol. The quantitative estimate of drug-likeness (QED) is 0.317. The van der Waals surface area contributed by atoms with Crippen molar-refractivity contribution in [1.82, 2.24) is 10.6 Å². The number of rotatable bonds is 6. The summed E-state index contributed by atoms with van der Waals surface area (Å²) in [6.45, 7) is 0. The van der Waals surface area contributed by atoms with Gasteiger partial charge in [0.15, 0.2) is 0 Å². The molecule has 0 amide bonds. The Labute approximate surface area is 220 Å². The Balaban J connectivity index is 1.35. The van der Waals surface area contributed by atoms with Crippen LogP contribution in [0.25, 0.3) is 0 Å². The molecule has 4 aliphatic rings. The van der Waals surface area contributed by atoms with E-state index in [0.29, 0.717) is 24.2 Å². The van der Waals surface area contributed by atoms with Crippen LogP contribution in [0.2, 0.25) is 0 Å². The van der Waals surface area contributed by atoms with Crippen LogP contribution in [0.1, 0.15) is 140 Å². The number of benzene rings is 1. The van der Waals surface area contributed by atoms with E-state index in [4.69, 9.17) is 9.98 Å². The third-order valence-corrected chi connectivity index (χ3v) is 9.10. The van der Waals surface area contributed by atoms with Crippen LogP contribution >= 0.6 is 0 Å². The van der Waals surface area contributed by atoms with Gasteiger partial charge in [-0.15, -0.1) is 0 Å². The number of hydrogen-bond acceptors (Lipinski definition) is 2. The minimum atomic E-state index is 0.487. The Morgan fingerprint density at radius 1 is 0.444 bits per heavy atom. The fourth-order valence-corrected chi connectivity index (χ4v) is 6.84. The van der Waals surface area contributed by atoms with Crippen LogP contribution in [0.3, 0.4) is 0 Å². The van der Waals surface area contributed by atoms with Crippen molar-refractivity contribution in [3.05, 3.63) is 35.4 Å². The van der Waals surface area contributed by atoms with Crippen molar-refractivity contribution in [2.75, 3.05) is 0 Å². The van der Waals surface area contributed by atoms with Gasteiger partial charge in [-0.05, 0) is 51.4 Å². The molecular formula is C32H50N4. The maximum Gasteiger partial charge on any atom is 0.128 e. The summed E-state index contributed by atoms with van der Waals surface area (Å²) in [6, 6.07) is 11.4. The predicted molar refractivity (Wildman–Crippen MR) is 153 cm³/mol. The molecule has 0 aromatic heterocycles. The molecule has 0 atom stereocenters. The summed E-state index contributed by atoms with van der Waals surface area (Å²) >= 11 is 0. The molecule has 4 aliphatic carbocycles. The van der Waals surface area contributed by atoms with E-state index in [1.54, 1.807) is 0 Å². The molecule has 4 heteroatoms. The van der Waals surface area contributed by atoms with E-state index in [9.17, 15) is 0 Å². The first kappa shape index (κ1) is 25.8.